The van der Waals surface area contributed by atoms with Gasteiger partial charge in [-0.05, 0) is 30.5 Å². The van der Waals surface area contributed by atoms with E-state index >= 15 is 0 Å². The van der Waals surface area contributed by atoms with E-state index in [0.29, 0.717) is 17.7 Å². The molecule has 0 spiro atoms. The standard InChI is InChI=1S/C23H23NO2/c1-17-8-12-20(13-9-17)23(26,21-14-10-18(2)11-15-21)22(25)24-16-19-6-4-3-5-7-19/h3-15,26H,16H2,1-2H3,(H,24,25). The molecule has 0 saturated heterocycles. The summed E-state index contributed by atoms with van der Waals surface area (Å²) in [7, 11) is 0. The van der Waals surface area contributed by atoms with Gasteiger partial charge >= 0.3 is 0 Å². The number of aryl methyl sites for hydroxylation is 2. The van der Waals surface area contributed by atoms with Crippen molar-refractivity contribution >= 4 is 5.91 Å². The van der Waals surface area contributed by atoms with Gasteiger partial charge < -0.3 is 10.4 Å². The third-order valence-electron chi connectivity index (χ3n) is 4.56. The monoisotopic (exact) mass is 345 g/mol. The number of aliphatic hydroxyl groups is 1. The molecule has 0 atom stereocenters. The van der Waals surface area contributed by atoms with Gasteiger partial charge in [0.05, 0.1) is 0 Å². The van der Waals surface area contributed by atoms with Gasteiger partial charge in [-0.1, -0.05) is 90.0 Å². The summed E-state index contributed by atoms with van der Waals surface area (Å²) in [6.07, 6.45) is 0. The highest BCUT2D eigenvalue weighted by Crippen LogP contribution is 2.30. The number of carbonyl (C=O) groups is 1. The predicted molar refractivity (Wildman–Crippen MR) is 104 cm³/mol. The first kappa shape index (κ1) is 17.9. The van der Waals surface area contributed by atoms with E-state index < -0.39 is 11.5 Å². The van der Waals surface area contributed by atoms with Gasteiger partial charge in [-0.25, -0.2) is 0 Å². The van der Waals surface area contributed by atoms with Crippen molar-refractivity contribution in [3.05, 3.63) is 107 Å². The van der Waals surface area contributed by atoms with Crippen molar-refractivity contribution in [1.82, 2.24) is 5.32 Å². The van der Waals surface area contributed by atoms with Crippen LogP contribution >= 0.6 is 0 Å². The zero-order valence-corrected chi connectivity index (χ0v) is 15.1. The van der Waals surface area contributed by atoms with Crippen molar-refractivity contribution in [1.29, 1.82) is 0 Å². The predicted octanol–water partition coefficient (Wildman–Crippen LogP) is 3.86. The molecule has 0 saturated carbocycles. The smallest absolute Gasteiger partial charge is 0.261 e. The molecule has 3 rings (SSSR count). The Morgan fingerprint density at radius 1 is 0.808 bits per heavy atom. The van der Waals surface area contributed by atoms with Crippen LogP contribution in [0, 0.1) is 13.8 Å². The average Bonchev–Trinajstić information content (AvgIpc) is 2.67. The molecule has 0 unspecified atom stereocenters. The van der Waals surface area contributed by atoms with Crippen LogP contribution in [0.3, 0.4) is 0 Å². The molecule has 3 aromatic rings. The van der Waals surface area contributed by atoms with Gasteiger partial charge in [0.2, 0.25) is 0 Å². The fraction of sp³-hybridized carbons (Fsp3) is 0.174. The van der Waals surface area contributed by atoms with Crippen molar-refractivity contribution in [2.45, 2.75) is 26.0 Å². The van der Waals surface area contributed by atoms with Gasteiger partial charge in [0, 0.05) is 6.54 Å². The maximum Gasteiger partial charge on any atom is 0.261 e. The van der Waals surface area contributed by atoms with Crippen molar-refractivity contribution in [3.63, 3.8) is 0 Å². The molecule has 3 heteroatoms. The Kier molecular flexibility index (Phi) is 5.19. The second kappa shape index (κ2) is 7.54. The largest absolute Gasteiger partial charge is 0.372 e. The molecule has 0 aromatic heterocycles. The first-order valence-corrected chi connectivity index (χ1v) is 8.69. The molecule has 2 N–H and O–H groups in total. The zero-order valence-electron chi connectivity index (χ0n) is 15.1. The topological polar surface area (TPSA) is 49.3 Å². The third-order valence-corrected chi connectivity index (χ3v) is 4.56. The first-order chi connectivity index (χ1) is 12.5. The van der Waals surface area contributed by atoms with Gasteiger partial charge in [0.15, 0.2) is 5.60 Å². The SMILES string of the molecule is Cc1ccc(C(O)(C(=O)NCc2ccccc2)c2ccc(C)cc2)cc1. The first-order valence-electron chi connectivity index (χ1n) is 8.69. The van der Waals surface area contributed by atoms with E-state index in [4.69, 9.17) is 0 Å². The zero-order chi connectivity index (χ0) is 18.6. The van der Waals surface area contributed by atoms with E-state index in [9.17, 15) is 9.90 Å². The highest BCUT2D eigenvalue weighted by molar-refractivity contribution is 5.90. The Morgan fingerprint density at radius 3 is 1.73 bits per heavy atom. The van der Waals surface area contributed by atoms with Crippen LogP contribution in [0.25, 0.3) is 0 Å². The van der Waals surface area contributed by atoms with E-state index in [2.05, 4.69) is 5.32 Å². The Hall–Kier alpha value is -2.91. The molecular formula is C23H23NO2. The van der Waals surface area contributed by atoms with E-state index in [1.54, 1.807) is 24.3 Å². The lowest BCUT2D eigenvalue weighted by Crippen LogP contribution is -2.45. The summed E-state index contributed by atoms with van der Waals surface area (Å²) in [6, 6.07) is 24.5. The van der Waals surface area contributed by atoms with Crippen LogP contribution in [-0.2, 0) is 16.9 Å². The van der Waals surface area contributed by atoms with Crippen LogP contribution in [0.15, 0.2) is 78.9 Å². The Morgan fingerprint density at radius 2 is 1.27 bits per heavy atom. The van der Waals surface area contributed by atoms with Crippen LogP contribution in [0.5, 0.6) is 0 Å². The summed E-state index contributed by atoms with van der Waals surface area (Å²) in [5.74, 6) is -0.436. The Bertz CT molecular complexity index is 823. The van der Waals surface area contributed by atoms with Crippen molar-refractivity contribution in [3.8, 4) is 0 Å². The number of hydrogen-bond donors (Lipinski definition) is 2. The summed E-state index contributed by atoms with van der Waals surface area (Å²) in [5, 5.41) is 14.3. The number of benzene rings is 3. The van der Waals surface area contributed by atoms with Gasteiger partial charge in [0.25, 0.3) is 5.91 Å². The van der Waals surface area contributed by atoms with Crippen LogP contribution in [0.1, 0.15) is 27.8 Å². The molecule has 0 radical (unpaired) electrons. The van der Waals surface area contributed by atoms with Crippen LogP contribution in [0.4, 0.5) is 0 Å². The van der Waals surface area contributed by atoms with Crippen LogP contribution in [0.2, 0.25) is 0 Å². The molecule has 1 amide bonds. The molecule has 26 heavy (non-hydrogen) atoms. The molecular weight excluding hydrogens is 322 g/mol. The van der Waals surface area contributed by atoms with E-state index in [1.807, 2.05) is 68.4 Å². The second-order valence-corrected chi connectivity index (χ2v) is 6.61. The molecule has 0 aliphatic heterocycles. The number of amides is 1. The Labute approximate surface area is 154 Å². The van der Waals surface area contributed by atoms with Gasteiger partial charge in [-0.15, -0.1) is 0 Å². The minimum absolute atomic E-state index is 0.361. The summed E-state index contributed by atoms with van der Waals surface area (Å²) >= 11 is 0. The van der Waals surface area contributed by atoms with Gasteiger partial charge in [-0.2, -0.15) is 0 Å². The summed E-state index contributed by atoms with van der Waals surface area (Å²) in [6.45, 7) is 4.31. The third kappa shape index (κ3) is 3.68. The highest BCUT2D eigenvalue weighted by atomic mass is 16.3. The van der Waals surface area contributed by atoms with E-state index in [1.165, 1.54) is 0 Å². The van der Waals surface area contributed by atoms with E-state index in [0.717, 1.165) is 16.7 Å². The van der Waals surface area contributed by atoms with Crippen molar-refractivity contribution in [2.24, 2.45) is 0 Å². The normalized spacial score (nSPS) is 11.2. The number of hydrogen-bond acceptors (Lipinski definition) is 2. The summed E-state index contributed by atoms with van der Waals surface area (Å²) in [4.78, 5) is 13.0. The maximum atomic E-state index is 13.0. The summed E-state index contributed by atoms with van der Waals surface area (Å²) in [5.41, 5.74) is 2.50. The fourth-order valence-corrected chi connectivity index (χ4v) is 2.92. The minimum Gasteiger partial charge on any atom is -0.372 e. The summed E-state index contributed by atoms with van der Waals surface area (Å²) < 4.78 is 0. The van der Waals surface area contributed by atoms with Crippen molar-refractivity contribution in [2.75, 3.05) is 0 Å². The molecule has 3 nitrogen and oxygen atoms in total. The van der Waals surface area contributed by atoms with Crippen molar-refractivity contribution < 1.29 is 9.90 Å². The molecule has 0 fully saturated rings. The highest BCUT2D eigenvalue weighted by Gasteiger charge is 2.39. The maximum absolute atomic E-state index is 13.0. The minimum atomic E-state index is -1.74. The fourth-order valence-electron chi connectivity index (χ4n) is 2.92. The van der Waals surface area contributed by atoms with Crippen LogP contribution in [-0.4, -0.2) is 11.0 Å². The Balaban J connectivity index is 1.95. The number of nitrogens with one attached hydrogen (secondary N) is 1. The number of rotatable bonds is 5. The molecule has 0 aliphatic rings. The molecule has 132 valence electrons. The number of carbonyl (C=O) groups excluding carboxylic acids is 1. The molecule has 0 aliphatic carbocycles. The average molecular weight is 345 g/mol. The lowest BCUT2D eigenvalue weighted by molar-refractivity contribution is -0.136. The molecule has 3 aromatic carbocycles. The second-order valence-electron chi connectivity index (χ2n) is 6.61. The van der Waals surface area contributed by atoms with Gasteiger partial charge in [0.1, 0.15) is 0 Å². The lowest BCUT2D eigenvalue weighted by atomic mass is 9.84. The molecule has 0 bridgehead atoms. The van der Waals surface area contributed by atoms with E-state index in [-0.39, 0.29) is 0 Å². The van der Waals surface area contributed by atoms with Crippen LogP contribution < -0.4 is 5.32 Å². The van der Waals surface area contributed by atoms with Gasteiger partial charge in [-0.3, -0.25) is 4.79 Å². The quantitative estimate of drug-likeness (QED) is 0.738. The lowest BCUT2D eigenvalue weighted by Gasteiger charge is -2.28. The molecule has 0 heterocycles.